The second-order valence-electron chi connectivity index (χ2n) is 4.78. The minimum absolute atomic E-state index is 0.191. The Bertz CT molecular complexity index is 580. The Balaban J connectivity index is 2.19. The molecule has 2 aromatic rings. The number of aromatic nitrogens is 2. The first-order chi connectivity index (χ1) is 9.60. The summed E-state index contributed by atoms with van der Waals surface area (Å²) < 4.78 is 15.3. The van der Waals surface area contributed by atoms with Crippen molar-refractivity contribution in [3.05, 3.63) is 41.3 Å². The molecule has 5 heteroatoms. The van der Waals surface area contributed by atoms with E-state index in [0.717, 1.165) is 34.1 Å². The molecule has 0 bridgehead atoms. The highest BCUT2D eigenvalue weighted by atomic mass is 32.2. The molecule has 0 aliphatic heterocycles. The first kappa shape index (κ1) is 15.1. The van der Waals surface area contributed by atoms with E-state index in [1.165, 1.54) is 6.07 Å². The van der Waals surface area contributed by atoms with Crippen molar-refractivity contribution in [3.8, 4) is 0 Å². The fraction of sp³-hybridized carbons (Fsp3) is 0.400. The molecule has 0 aliphatic carbocycles. The smallest absolute Gasteiger partial charge is 0.123 e. The van der Waals surface area contributed by atoms with Crippen LogP contribution in [-0.2, 0) is 13.6 Å². The van der Waals surface area contributed by atoms with E-state index < -0.39 is 0 Å². The number of halogens is 1. The predicted octanol–water partition coefficient (Wildman–Crippen LogP) is 3.52. The average molecular weight is 293 g/mol. The maximum Gasteiger partial charge on any atom is 0.123 e. The fourth-order valence-electron chi connectivity index (χ4n) is 1.98. The highest BCUT2D eigenvalue weighted by molar-refractivity contribution is 7.99. The van der Waals surface area contributed by atoms with Gasteiger partial charge in [0, 0.05) is 18.5 Å². The summed E-state index contributed by atoms with van der Waals surface area (Å²) in [4.78, 5) is 1.07. The molecule has 1 aromatic carbocycles. The fourth-order valence-corrected chi connectivity index (χ4v) is 3.01. The maximum absolute atomic E-state index is 13.4. The quantitative estimate of drug-likeness (QED) is 0.827. The topological polar surface area (TPSA) is 29.9 Å². The largest absolute Gasteiger partial charge is 0.313 e. The van der Waals surface area contributed by atoms with Crippen LogP contribution in [0.1, 0.15) is 24.6 Å². The van der Waals surface area contributed by atoms with Crippen molar-refractivity contribution in [1.29, 1.82) is 0 Å². The number of rotatable bonds is 6. The van der Waals surface area contributed by atoms with E-state index in [4.69, 9.17) is 0 Å². The van der Waals surface area contributed by atoms with Crippen LogP contribution in [0.5, 0.6) is 0 Å². The van der Waals surface area contributed by atoms with E-state index in [1.807, 2.05) is 30.8 Å². The van der Waals surface area contributed by atoms with Gasteiger partial charge in [0.25, 0.3) is 0 Å². The lowest BCUT2D eigenvalue weighted by Gasteiger charge is -2.10. The van der Waals surface area contributed by atoms with Crippen LogP contribution in [0.25, 0.3) is 0 Å². The average Bonchev–Trinajstić information content (AvgIpc) is 2.71. The molecular weight excluding hydrogens is 273 g/mol. The first-order valence-corrected chi connectivity index (χ1v) is 7.59. The summed E-state index contributed by atoms with van der Waals surface area (Å²) in [6, 6.07) is 6.99. The third-order valence-electron chi connectivity index (χ3n) is 2.94. The van der Waals surface area contributed by atoms with Crippen molar-refractivity contribution in [2.45, 2.75) is 36.7 Å². The molecule has 3 nitrogen and oxygen atoms in total. The summed E-state index contributed by atoms with van der Waals surface area (Å²) >= 11 is 1.62. The van der Waals surface area contributed by atoms with Crippen LogP contribution in [0.3, 0.4) is 0 Å². The molecule has 0 spiro atoms. The van der Waals surface area contributed by atoms with Gasteiger partial charge in [0.15, 0.2) is 0 Å². The maximum atomic E-state index is 13.4. The van der Waals surface area contributed by atoms with Gasteiger partial charge in [-0.2, -0.15) is 5.10 Å². The monoisotopic (exact) mass is 293 g/mol. The van der Waals surface area contributed by atoms with Gasteiger partial charge in [-0.25, -0.2) is 4.39 Å². The van der Waals surface area contributed by atoms with Crippen LogP contribution in [0.4, 0.5) is 4.39 Å². The molecule has 1 heterocycles. The van der Waals surface area contributed by atoms with Crippen LogP contribution >= 0.6 is 11.8 Å². The Hall–Kier alpha value is -1.33. The molecule has 2 rings (SSSR count). The van der Waals surface area contributed by atoms with Gasteiger partial charge in [-0.1, -0.05) is 18.7 Å². The molecule has 1 N–H and O–H groups in total. The van der Waals surface area contributed by atoms with Crippen LogP contribution in [0, 0.1) is 12.7 Å². The van der Waals surface area contributed by atoms with Crippen LogP contribution in [0.15, 0.2) is 34.2 Å². The molecule has 0 atom stereocenters. The number of nitrogens with zero attached hydrogens (tertiary/aromatic N) is 2. The number of benzene rings is 1. The van der Waals surface area contributed by atoms with Crippen molar-refractivity contribution in [2.75, 3.05) is 6.54 Å². The van der Waals surface area contributed by atoms with Gasteiger partial charge >= 0.3 is 0 Å². The standard InChI is InChI=1S/C15H20FN3S/c1-4-7-17-10-12-9-13(16)5-6-14(12)20-15-8-11(2)18-19(15)3/h5-6,8-9,17H,4,7,10H2,1-3H3. The SMILES string of the molecule is CCCNCc1cc(F)ccc1Sc1cc(C)nn1C. The number of hydrogen-bond acceptors (Lipinski definition) is 3. The molecule has 20 heavy (non-hydrogen) atoms. The van der Waals surface area contributed by atoms with E-state index in [2.05, 4.69) is 17.3 Å². The Morgan fingerprint density at radius 3 is 2.80 bits per heavy atom. The molecule has 0 aliphatic rings. The predicted molar refractivity (Wildman–Crippen MR) is 80.5 cm³/mol. The molecule has 1 aromatic heterocycles. The summed E-state index contributed by atoms with van der Waals surface area (Å²) in [6.45, 7) is 5.71. The van der Waals surface area contributed by atoms with Crippen molar-refractivity contribution in [3.63, 3.8) is 0 Å². The normalized spacial score (nSPS) is 11.0. The summed E-state index contributed by atoms with van der Waals surface area (Å²) in [5.74, 6) is -0.191. The van der Waals surface area contributed by atoms with E-state index in [1.54, 1.807) is 17.8 Å². The van der Waals surface area contributed by atoms with Crippen LogP contribution < -0.4 is 5.32 Å². The zero-order chi connectivity index (χ0) is 14.5. The summed E-state index contributed by atoms with van der Waals surface area (Å²) in [5.41, 5.74) is 1.98. The van der Waals surface area contributed by atoms with Crippen LogP contribution in [-0.4, -0.2) is 16.3 Å². The second-order valence-corrected chi connectivity index (χ2v) is 5.84. The molecule has 0 unspecified atom stereocenters. The molecular formula is C15H20FN3S. The Morgan fingerprint density at radius 1 is 1.35 bits per heavy atom. The van der Waals surface area contributed by atoms with Crippen molar-refractivity contribution in [1.82, 2.24) is 15.1 Å². The van der Waals surface area contributed by atoms with E-state index in [-0.39, 0.29) is 5.82 Å². The number of hydrogen-bond donors (Lipinski definition) is 1. The molecule has 0 saturated carbocycles. The van der Waals surface area contributed by atoms with E-state index >= 15 is 0 Å². The van der Waals surface area contributed by atoms with Gasteiger partial charge in [0.1, 0.15) is 5.82 Å². The molecule has 0 saturated heterocycles. The van der Waals surface area contributed by atoms with Gasteiger partial charge in [-0.05, 0) is 49.7 Å². The zero-order valence-electron chi connectivity index (χ0n) is 12.1. The Morgan fingerprint density at radius 2 is 2.15 bits per heavy atom. The lowest BCUT2D eigenvalue weighted by atomic mass is 10.2. The number of nitrogens with one attached hydrogen (secondary N) is 1. The Labute approximate surface area is 123 Å². The third kappa shape index (κ3) is 3.84. The highest BCUT2D eigenvalue weighted by Crippen LogP contribution is 2.31. The summed E-state index contributed by atoms with van der Waals surface area (Å²) in [6.07, 6.45) is 1.07. The minimum Gasteiger partial charge on any atom is -0.313 e. The highest BCUT2D eigenvalue weighted by Gasteiger charge is 2.09. The lowest BCUT2D eigenvalue weighted by Crippen LogP contribution is -2.14. The van der Waals surface area contributed by atoms with Gasteiger partial charge in [-0.3, -0.25) is 4.68 Å². The zero-order valence-corrected chi connectivity index (χ0v) is 12.9. The summed E-state index contributed by atoms with van der Waals surface area (Å²) in [7, 11) is 1.92. The van der Waals surface area contributed by atoms with Crippen molar-refractivity contribution >= 4 is 11.8 Å². The van der Waals surface area contributed by atoms with Crippen molar-refractivity contribution < 1.29 is 4.39 Å². The summed E-state index contributed by atoms with van der Waals surface area (Å²) in [5, 5.41) is 8.72. The van der Waals surface area contributed by atoms with E-state index in [9.17, 15) is 4.39 Å². The number of aryl methyl sites for hydroxylation is 2. The molecule has 0 radical (unpaired) electrons. The minimum atomic E-state index is -0.191. The lowest BCUT2D eigenvalue weighted by molar-refractivity contribution is 0.615. The second kappa shape index (κ2) is 6.90. The van der Waals surface area contributed by atoms with Crippen LogP contribution in [0.2, 0.25) is 0 Å². The van der Waals surface area contributed by atoms with Gasteiger partial charge in [-0.15, -0.1) is 0 Å². The van der Waals surface area contributed by atoms with Crippen molar-refractivity contribution in [2.24, 2.45) is 7.05 Å². The van der Waals surface area contributed by atoms with E-state index in [0.29, 0.717) is 6.54 Å². The van der Waals surface area contributed by atoms with Gasteiger partial charge in [0.2, 0.25) is 0 Å². The molecule has 108 valence electrons. The van der Waals surface area contributed by atoms with Gasteiger partial charge < -0.3 is 5.32 Å². The Kier molecular flexibility index (Phi) is 5.20. The molecule has 0 amide bonds. The third-order valence-corrected chi connectivity index (χ3v) is 4.15. The van der Waals surface area contributed by atoms with Gasteiger partial charge in [0.05, 0.1) is 10.7 Å². The first-order valence-electron chi connectivity index (χ1n) is 6.77. The molecule has 0 fully saturated rings.